The van der Waals surface area contributed by atoms with Crippen LogP contribution in [0.1, 0.15) is 39.0 Å². The summed E-state index contributed by atoms with van der Waals surface area (Å²) >= 11 is 0. The lowest BCUT2D eigenvalue weighted by atomic mass is 9.84. The minimum atomic E-state index is -0.926. The van der Waals surface area contributed by atoms with E-state index in [0.717, 1.165) is 25.7 Å². The maximum Gasteiger partial charge on any atom is 0.326 e. The fourth-order valence-corrected chi connectivity index (χ4v) is 2.20. The van der Waals surface area contributed by atoms with Gasteiger partial charge in [0.05, 0.1) is 0 Å². The zero-order valence-corrected chi connectivity index (χ0v) is 9.61. The lowest BCUT2D eigenvalue weighted by Crippen LogP contribution is -2.46. The third-order valence-electron chi connectivity index (χ3n) is 3.00. The summed E-state index contributed by atoms with van der Waals surface area (Å²) in [4.78, 5) is 22.4. The maximum atomic E-state index is 11.3. The van der Waals surface area contributed by atoms with Gasteiger partial charge in [0, 0.05) is 0 Å². The molecule has 1 unspecified atom stereocenters. The fraction of sp³-hybridized carbons (Fsp3) is 0.667. The van der Waals surface area contributed by atoms with Crippen LogP contribution in [-0.2, 0) is 9.59 Å². The molecule has 4 nitrogen and oxygen atoms in total. The molecule has 0 radical (unpaired) electrons. The van der Waals surface area contributed by atoms with E-state index in [0.29, 0.717) is 0 Å². The first-order valence-corrected chi connectivity index (χ1v) is 5.81. The molecule has 4 heteroatoms. The Hall–Kier alpha value is -1.32. The second kappa shape index (κ2) is 6.30. The number of aliphatic carboxylic acids is 1. The summed E-state index contributed by atoms with van der Waals surface area (Å²) < 4.78 is 0. The first-order chi connectivity index (χ1) is 7.65. The number of rotatable bonds is 4. The van der Waals surface area contributed by atoms with E-state index in [4.69, 9.17) is 5.11 Å². The van der Waals surface area contributed by atoms with Crippen LogP contribution in [0.3, 0.4) is 0 Å². The Morgan fingerprint density at radius 2 is 1.94 bits per heavy atom. The van der Waals surface area contributed by atoms with Gasteiger partial charge in [-0.3, -0.25) is 4.79 Å². The van der Waals surface area contributed by atoms with Crippen LogP contribution in [0.25, 0.3) is 0 Å². The van der Waals surface area contributed by atoms with Gasteiger partial charge in [0.15, 0.2) is 0 Å². The van der Waals surface area contributed by atoms with E-state index in [2.05, 4.69) is 5.32 Å². The highest BCUT2D eigenvalue weighted by molar-refractivity contribution is 5.91. The predicted molar refractivity (Wildman–Crippen MR) is 61.0 cm³/mol. The van der Waals surface area contributed by atoms with Crippen molar-refractivity contribution in [3.63, 3.8) is 0 Å². The highest BCUT2D eigenvalue weighted by Crippen LogP contribution is 2.26. The molecule has 2 N–H and O–H groups in total. The van der Waals surface area contributed by atoms with Crippen molar-refractivity contribution < 1.29 is 14.7 Å². The van der Waals surface area contributed by atoms with Crippen LogP contribution >= 0.6 is 0 Å². The summed E-state index contributed by atoms with van der Waals surface area (Å²) in [7, 11) is 0. The summed E-state index contributed by atoms with van der Waals surface area (Å²) in [6.45, 7) is 1.73. The molecule has 0 aromatic rings. The molecule has 0 bridgehead atoms. The molecular formula is C12H19NO3. The van der Waals surface area contributed by atoms with Crippen LogP contribution in [-0.4, -0.2) is 23.0 Å². The summed E-state index contributed by atoms with van der Waals surface area (Å²) in [5.74, 6) is -1.16. The van der Waals surface area contributed by atoms with Gasteiger partial charge in [-0.25, -0.2) is 4.79 Å². The predicted octanol–water partition coefficient (Wildman–Crippen LogP) is 1.71. The fourth-order valence-electron chi connectivity index (χ4n) is 2.20. The third-order valence-corrected chi connectivity index (χ3v) is 3.00. The van der Waals surface area contributed by atoms with Crippen molar-refractivity contribution in [1.82, 2.24) is 5.32 Å². The van der Waals surface area contributed by atoms with Gasteiger partial charge in [0.1, 0.15) is 6.04 Å². The highest BCUT2D eigenvalue weighted by Gasteiger charge is 2.29. The molecule has 1 atom stereocenters. The molecule has 0 aliphatic heterocycles. The summed E-state index contributed by atoms with van der Waals surface area (Å²) in [5, 5.41) is 11.7. The van der Waals surface area contributed by atoms with Crippen molar-refractivity contribution in [1.29, 1.82) is 0 Å². The van der Waals surface area contributed by atoms with Crippen molar-refractivity contribution in [3.8, 4) is 0 Å². The number of amides is 1. The number of hydrogen-bond donors (Lipinski definition) is 2. The highest BCUT2D eigenvalue weighted by atomic mass is 16.4. The van der Waals surface area contributed by atoms with E-state index in [1.165, 1.54) is 12.5 Å². The van der Waals surface area contributed by atoms with Crippen molar-refractivity contribution in [3.05, 3.63) is 12.2 Å². The third kappa shape index (κ3) is 3.68. The first kappa shape index (κ1) is 12.7. The number of allylic oxidation sites excluding steroid dienone is 1. The average Bonchev–Trinajstić information content (AvgIpc) is 2.27. The molecule has 1 aliphatic rings. The average molecular weight is 225 g/mol. The van der Waals surface area contributed by atoms with Crippen LogP contribution in [0, 0.1) is 5.92 Å². The monoisotopic (exact) mass is 225 g/mol. The minimum Gasteiger partial charge on any atom is -0.480 e. The van der Waals surface area contributed by atoms with Crippen LogP contribution in [0.4, 0.5) is 0 Å². The van der Waals surface area contributed by atoms with Gasteiger partial charge >= 0.3 is 5.97 Å². The lowest BCUT2D eigenvalue weighted by Gasteiger charge is -2.27. The van der Waals surface area contributed by atoms with Crippen LogP contribution in [0.15, 0.2) is 12.2 Å². The van der Waals surface area contributed by atoms with E-state index < -0.39 is 12.0 Å². The van der Waals surface area contributed by atoms with E-state index in [1.807, 2.05) is 0 Å². The van der Waals surface area contributed by atoms with Gasteiger partial charge in [-0.1, -0.05) is 25.3 Å². The zero-order valence-electron chi connectivity index (χ0n) is 9.61. The van der Waals surface area contributed by atoms with Crippen LogP contribution < -0.4 is 5.32 Å². The van der Waals surface area contributed by atoms with Crippen molar-refractivity contribution in [2.75, 3.05) is 0 Å². The van der Waals surface area contributed by atoms with Crippen molar-refractivity contribution in [2.45, 2.75) is 45.1 Å². The smallest absolute Gasteiger partial charge is 0.326 e. The van der Waals surface area contributed by atoms with Crippen molar-refractivity contribution in [2.24, 2.45) is 5.92 Å². The normalized spacial score (nSPS) is 19.6. The summed E-state index contributed by atoms with van der Waals surface area (Å²) in [6.07, 6.45) is 8.06. The molecule has 90 valence electrons. The topological polar surface area (TPSA) is 66.4 Å². The Balaban J connectivity index is 2.59. The molecule has 0 heterocycles. The maximum absolute atomic E-state index is 11.3. The number of carbonyl (C=O) groups is 2. The first-order valence-electron chi connectivity index (χ1n) is 5.81. The molecule has 1 amide bonds. The second-order valence-corrected chi connectivity index (χ2v) is 4.22. The van der Waals surface area contributed by atoms with Gasteiger partial charge in [-0.05, 0) is 31.8 Å². The number of nitrogens with one attached hydrogen (secondary N) is 1. The van der Waals surface area contributed by atoms with Crippen LogP contribution in [0.5, 0.6) is 0 Å². The molecule has 1 aliphatic carbocycles. The quantitative estimate of drug-likeness (QED) is 0.716. The standard InChI is InChI=1S/C12H19NO3/c1-2-6-10(14)13-11(12(15)16)9-7-4-3-5-8-9/h2,6,9,11H,3-5,7-8H2,1H3,(H,13,14)(H,15,16)/b6-2+. The molecule has 1 rings (SSSR count). The van der Waals surface area contributed by atoms with E-state index in [-0.39, 0.29) is 11.8 Å². The van der Waals surface area contributed by atoms with Crippen molar-refractivity contribution >= 4 is 11.9 Å². The molecule has 16 heavy (non-hydrogen) atoms. The molecule has 0 aromatic carbocycles. The van der Waals surface area contributed by atoms with Gasteiger partial charge in [-0.2, -0.15) is 0 Å². The van der Waals surface area contributed by atoms with E-state index in [1.54, 1.807) is 13.0 Å². The Bertz CT molecular complexity index is 280. The number of carbonyl (C=O) groups excluding carboxylic acids is 1. The zero-order chi connectivity index (χ0) is 12.0. The van der Waals surface area contributed by atoms with Crippen LogP contribution in [0.2, 0.25) is 0 Å². The van der Waals surface area contributed by atoms with E-state index >= 15 is 0 Å². The largest absolute Gasteiger partial charge is 0.480 e. The number of carboxylic acids is 1. The molecule has 0 aromatic heterocycles. The Morgan fingerprint density at radius 3 is 2.44 bits per heavy atom. The second-order valence-electron chi connectivity index (χ2n) is 4.22. The van der Waals surface area contributed by atoms with Gasteiger partial charge < -0.3 is 10.4 Å². The SMILES string of the molecule is C/C=C/C(=O)NC(C(=O)O)C1CCCCC1. The molecule has 0 saturated heterocycles. The Morgan fingerprint density at radius 1 is 1.31 bits per heavy atom. The number of hydrogen-bond acceptors (Lipinski definition) is 2. The minimum absolute atomic E-state index is 0.0838. The van der Waals surface area contributed by atoms with Gasteiger partial charge in [0.25, 0.3) is 0 Å². The number of carboxylic acid groups (broad SMARTS) is 1. The van der Waals surface area contributed by atoms with Gasteiger partial charge in [-0.15, -0.1) is 0 Å². The molecule has 1 saturated carbocycles. The molecule has 1 fully saturated rings. The van der Waals surface area contributed by atoms with E-state index in [9.17, 15) is 9.59 Å². The summed E-state index contributed by atoms with van der Waals surface area (Å²) in [6, 6.07) is -0.732. The Labute approximate surface area is 95.7 Å². The summed E-state index contributed by atoms with van der Waals surface area (Å²) in [5.41, 5.74) is 0. The van der Waals surface area contributed by atoms with Gasteiger partial charge in [0.2, 0.25) is 5.91 Å². The Kier molecular flexibility index (Phi) is 5.02. The lowest BCUT2D eigenvalue weighted by molar-refractivity contribution is -0.143. The molecule has 0 spiro atoms. The molecular weight excluding hydrogens is 206 g/mol.